The molecule has 5 bridgehead atoms. The first kappa shape index (κ1) is 45.5. The molecule has 5 rings (SSSR count). The number of nitrogens with one attached hydrogen (secondary N) is 2. The Hall–Kier alpha value is -6.25. The minimum atomic E-state index is -2.15. The molecule has 0 aromatic heterocycles. The lowest BCUT2D eigenvalue weighted by atomic mass is 9.78. The fourth-order valence-electron chi connectivity index (χ4n) is 7.14. The Morgan fingerprint density at radius 2 is 1.69 bits per heavy atom. The number of rotatable bonds is 5. The summed E-state index contributed by atoms with van der Waals surface area (Å²) in [6, 6.07) is 0. The van der Waals surface area contributed by atoms with Gasteiger partial charge in [-0.25, -0.2) is 10.1 Å². The molecule has 9 N–H and O–H groups in total. The SMILES string of the molecule is CO[C@H]1/C=C/O[C@@]2(C)Oc3c(C)c(O)c4c(O)c(c(/C=N/N=C(\N)N[N+](=O)[O-])c(O)c4c3C2=O)NC(=O)/C(C)=C\C=C\[C@H](C)[C@H](O)[C@@H](C)[C@@H](O)[C@@H](C)[C@H](OC(C)=O)[C@@H]1C. The Labute approximate surface area is 338 Å². The first-order valence-corrected chi connectivity index (χ1v) is 18.4. The van der Waals surface area contributed by atoms with Crippen molar-refractivity contribution in [1.82, 2.24) is 5.43 Å². The molecule has 0 saturated carbocycles. The number of ketones is 1. The lowest BCUT2D eigenvalue weighted by Crippen LogP contribution is -2.46. The molecule has 1 amide bonds. The molecular formula is C39H50N6O14. The molecule has 0 saturated heterocycles. The van der Waals surface area contributed by atoms with Crippen LogP contribution in [0, 0.1) is 40.7 Å². The number of guanidine groups is 1. The zero-order chi connectivity index (χ0) is 44.3. The van der Waals surface area contributed by atoms with E-state index in [1.165, 1.54) is 53.0 Å². The van der Waals surface area contributed by atoms with Crippen LogP contribution < -0.4 is 21.2 Å². The third-order valence-corrected chi connectivity index (χ3v) is 10.6. The van der Waals surface area contributed by atoms with E-state index in [2.05, 4.69) is 15.5 Å². The molecule has 2 aromatic carbocycles. The number of ether oxygens (including phenoxy) is 4. The normalized spacial score (nSPS) is 30.3. The third kappa shape index (κ3) is 9.24. The smallest absolute Gasteiger partial charge is 0.312 e. The summed E-state index contributed by atoms with van der Waals surface area (Å²) in [5, 5.41) is 76.2. The van der Waals surface area contributed by atoms with Gasteiger partial charge in [-0.05, 0) is 19.9 Å². The van der Waals surface area contributed by atoms with Crippen LogP contribution in [0.2, 0.25) is 0 Å². The van der Waals surface area contributed by atoms with Gasteiger partial charge in [0.05, 0.1) is 53.0 Å². The van der Waals surface area contributed by atoms with Gasteiger partial charge in [-0.3, -0.25) is 14.4 Å². The number of carbonyl (C=O) groups excluding carboxylic acids is 3. The molecular weight excluding hydrogens is 776 g/mol. The molecule has 2 aromatic rings. The fourth-order valence-corrected chi connectivity index (χ4v) is 7.14. The van der Waals surface area contributed by atoms with Gasteiger partial charge in [0.25, 0.3) is 17.6 Å². The maximum atomic E-state index is 14.3. The molecule has 59 heavy (non-hydrogen) atoms. The number of hydrazine groups is 1. The van der Waals surface area contributed by atoms with E-state index < -0.39 is 122 Å². The number of benzene rings is 2. The number of hydrogen-bond acceptors (Lipinski definition) is 16. The molecule has 0 spiro atoms. The van der Waals surface area contributed by atoms with Crippen molar-refractivity contribution in [3.05, 3.63) is 62.9 Å². The first-order valence-electron chi connectivity index (χ1n) is 18.4. The van der Waals surface area contributed by atoms with Gasteiger partial charge in [-0.1, -0.05) is 51.3 Å². The monoisotopic (exact) mass is 826 g/mol. The first-order chi connectivity index (χ1) is 27.6. The second kappa shape index (κ2) is 18.1. The summed E-state index contributed by atoms with van der Waals surface area (Å²) in [6.07, 6.45) is 3.73. The Bertz CT molecular complexity index is 2170. The lowest BCUT2D eigenvalue weighted by Gasteiger charge is -2.38. The van der Waals surface area contributed by atoms with Crippen LogP contribution in [-0.2, 0) is 23.8 Å². The zero-order valence-electron chi connectivity index (χ0n) is 33.9. The fraction of sp³-hybridized carbons (Fsp3) is 0.462. The maximum absolute atomic E-state index is 14.3. The second-order valence-corrected chi connectivity index (χ2v) is 14.7. The minimum Gasteiger partial charge on any atom is -0.507 e. The molecule has 3 heterocycles. The highest BCUT2D eigenvalue weighted by molar-refractivity contribution is 6.23. The van der Waals surface area contributed by atoms with Gasteiger partial charge in [0.2, 0.25) is 0 Å². The van der Waals surface area contributed by atoms with Crippen LogP contribution in [0.4, 0.5) is 5.69 Å². The molecule has 320 valence electrons. The van der Waals surface area contributed by atoms with Crippen LogP contribution in [-0.4, -0.2) is 97.7 Å². The van der Waals surface area contributed by atoms with E-state index in [1.54, 1.807) is 39.2 Å². The van der Waals surface area contributed by atoms with Crippen molar-refractivity contribution >= 4 is 46.3 Å². The summed E-state index contributed by atoms with van der Waals surface area (Å²) < 4.78 is 23.3. The van der Waals surface area contributed by atoms with Gasteiger partial charge >= 0.3 is 11.8 Å². The molecule has 20 nitrogen and oxygen atoms in total. The highest BCUT2D eigenvalue weighted by Gasteiger charge is 2.50. The number of nitro groups is 1. The maximum Gasteiger partial charge on any atom is 0.312 e. The largest absolute Gasteiger partial charge is 0.507 e. The van der Waals surface area contributed by atoms with Gasteiger partial charge in [0.1, 0.15) is 23.4 Å². The van der Waals surface area contributed by atoms with Crippen LogP contribution in [0.5, 0.6) is 23.0 Å². The van der Waals surface area contributed by atoms with Crippen molar-refractivity contribution in [2.75, 3.05) is 12.4 Å². The Morgan fingerprint density at radius 3 is 2.31 bits per heavy atom. The number of phenols is 3. The van der Waals surface area contributed by atoms with E-state index in [0.717, 1.165) is 12.5 Å². The van der Waals surface area contributed by atoms with Crippen LogP contribution in [0.1, 0.15) is 70.0 Å². The number of esters is 1. The van der Waals surface area contributed by atoms with Gasteiger partial charge in [0.15, 0.2) is 10.8 Å². The molecule has 3 aliphatic heterocycles. The zero-order valence-corrected chi connectivity index (χ0v) is 33.9. The van der Waals surface area contributed by atoms with E-state index in [9.17, 15) is 50.0 Å². The number of aliphatic hydroxyl groups excluding tert-OH is 2. The number of amides is 1. The number of fused-ring (bicyclic) bond motifs is 14. The predicted molar refractivity (Wildman–Crippen MR) is 213 cm³/mol. The van der Waals surface area contributed by atoms with Crippen molar-refractivity contribution in [3.63, 3.8) is 0 Å². The average molecular weight is 827 g/mol. The molecule has 0 unspecified atom stereocenters. The van der Waals surface area contributed by atoms with Crippen LogP contribution in [0.25, 0.3) is 10.8 Å². The quantitative estimate of drug-likeness (QED) is 0.0408. The van der Waals surface area contributed by atoms with Crippen LogP contribution >= 0.6 is 0 Å². The van der Waals surface area contributed by atoms with Crippen molar-refractivity contribution in [2.45, 2.75) is 85.6 Å². The number of nitrogens with two attached hydrogens (primary N) is 1. The van der Waals surface area contributed by atoms with Gasteiger partial charge in [0, 0.05) is 61.2 Å². The van der Waals surface area contributed by atoms with Crippen molar-refractivity contribution in [3.8, 4) is 23.0 Å². The van der Waals surface area contributed by atoms with Gasteiger partial charge in [-0.15, -0.1) is 5.10 Å². The molecule has 0 fully saturated rings. The Morgan fingerprint density at radius 1 is 1.03 bits per heavy atom. The lowest BCUT2D eigenvalue weighted by molar-refractivity contribution is -0.525. The van der Waals surface area contributed by atoms with Crippen LogP contribution in [0.3, 0.4) is 0 Å². The Kier molecular flexibility index (Phi) is 14.0. The Balaban J connectivity index is 1.99. The molecule has 20 heteroatoms. The highest BCUT2D eigenvalue weighted by Crippen LogP contribution is 2.55. The van der Waals surface area contributed by atoms with E-state index in [0.29, 0.717) is 0 Å². The number of carbonyl (C=O) groups is 3. The summed E-state index contributed by atoms with van der Waals surface area (Å²) in [7, 11) is 1.39. The summed E-state index contributed by atoms with van der Waals surface area (Å²) in [4.78, 5) is 51.0. The number of Topliss-reactive ketones (excluding diaryl/α,β-unsaturated/α-hetero) is 1. The average Bonchev–Trinajstić information content (AvgIpc) is 3.43. The summed E-state index contributed by atoms with van der Waals surface area (Å²) in [6.45, 7) is 12.0. The van der Waals surface area contributed by atoms with Crippen LogP contribution in [0.15, 0.2) is 46.3 Å². The summed E-state index contributed by atoms with van der Waals surface area (Å²) in [5.41, 5.74) is 5.72. The molecule has 9 atom stereocenters. The third-order valence-electron chi connectivity index (χ3n) is 10.6. The van der Waals surface area contributed by atoms with Crippen molar-refractivity contribution in [1.29, 1.82) is 0 Å². The molecule has 0 aliphatic carbocycles. The van der Waals surface area contributed by atoms with Crippen molar-refractivity contribution in [2.24, 2.45) is 39.6 Å². The van der Waals surface area contributed by atoms with E-state index in [4.69, 9.17) is 24.7 Å². The molecule has 0 radical (unpaired) electrons. The minimum absolute atomic E-state index is 0.0447. The number of aliphatic hydroxyl groups is 2. The standard InChI is InChI=1S/C39H50N6O14/c1-16-11-10-12-17(2)37(53)42-28-23(15-41-43-38(40)44-45(54)55)32(50)25-26(33(28)51)31(49)21(6)35-27(25)36(52)39(8,59-35)57-14-13-24(56-9)18(3)34(58-22(7)46)20(5)30(48)19(4)29(16)47/h10-16,18-20,24,29-30,34,47-51H,1-9H3,(H,42,53)(H3,40,43,44)/b11-10+,14-13+,17-12-,41-15+/t16-,18+,19+,20+,24-,29-,30+,34+,39-/m0/s1. The topological polar surface area (TPSA) is 307 Å². The van der Waals surface area contributed by atoms with Crippen molar-refractivity contribution < 1.29 is 63.9 Å². The summed E-state index contributed by atoms with van der Waals surface area (Å²) >= 11 is 0. The number of anilines is 1. The summed E-state index contributed by atoms with van der Waals surface area (Å²) in [5.74, 6) is -10.4. The number of methoxy groups -OCH3 is 1. The van der Waals surface area contributed by atoms with E-state index >= 15 is 0 Å². The van der Waals surface area contributed by atoms with E-state index in [1.807, 2.05) is 0 Å². The predicted octanol–water partition coefficient (Wildman–Crippen LogP) is 3.18. The number of phenolic OH excluding ortho intramolecular Hbond substituents is 3. The number of nitrogens with zero attached hydrogens (tertiary/aromatic N) is 3. The highest BCUT2D eigenvalue weighted by atomic mass is 16.7. The number of hydrogen-bond donors (Lipinski definition) is 8. The van der Waals surface area contributed by atoms with Gasteiger partial charge in [-0.2, -0.15) is 5.10 Å². The molecule has 3 aliphatic rings. The second-order valence-electron chi connectivity index (χ2n) is 14.7. The number of allylic oxidation sites excluding steroid dienone is 2. The number of aromatic hydroxyl groups is 3. The van der Waals surface area contributed by atoms with Gasteiger partial charge < -0.3 is 55.5 Å². The van der Waals surface area contributed by atoms with E-state index in [-0.39, 0.29) is 22.4 Å².